The van der Waals surface area contributed by atoms with Crippen molar-refractivity contribution < 1.29 is 23.2 Å². The highest BCUT2D eigenvalue weighted by Gasteiger charge is 2.47. The molecule has 1 saturated heterocycles. The molecule has 1 aromatic carbocycles. The van der Waals surface area contributed by atoms with Crippen molar-refractivity contribution in [3.8, 4) is 11.8 Å². The molecule has 1 aliphatic rings. The number of nitrogens with one attached hydrogen (secondary N) is 1. The van der Waals surface area contributed by atoms with Gasteiger partial charge >= 0.3 is 11.9 Å². The van der Waals surface area contributed by atoms with Crippen LogP contribution in [0.4, 0.5) is 18.9 Å². The molecule has 0 saturated carbocycles. The number of phenolic OH excluding ortho intramolecular Hbond substituents is 1. The molecule has 25 heavy (non-hydrogen) atoms. The maximum atomic E-state index is 13.5. The van der Waals surface area contributed by atoms with E-state index in [1.54, 1.807) is 6.07 Å². The largest absolute Gasteiger partial charge is 0.502 e. The fraction of sp³-hybridized carbons (Fsp3) is 0.462. The second kappa shape index (κ2) is 9.05. The van der Waals surface area contributed by atoms with E-state index in [0.29, 0.717) is 13.1 Å². The highest BCUT2D eigenvalue weighted by Crippen LogP contribution is 2.44. The van der Waals surface area contributed by atoms with Gasteiger partial charge in [0.25, 0.3) is 0 Å². The third-order valence-corrected chi connectivity index (χ3v) is 3.57. The number of phenols is 1. The van der Waals surface area contributed by atoms with Crippen LogP contribution in [0.2, 0.25) is 0 Å². The molecule has 0 aromatic heterocycles. The molecule has 0 spiro atoms. The van der Waals surface area contributed by atoms with Crippen LogP contribution in [0.3, 0.4) is 0 Å². The number of nitriles is 1. The molecule has 140 valence electrons. The molecular weight excluding hydrogens is 388 g/mol. The Bertz CT molecular complexity index is 661. The maximum Gasteiger partial charge on any atom is 0.408 e. The van der Waals surface area contributed by atoms with E-state index in [-0.39, 0.29) is 43.5 Å². The lowest BCUT2D eigenvalue weighted by molar-refractivity contribution is -0.386. The summed E-state index contributed by atoms with van der Waals surface area (Å²) in [5.41, 5.74) is -1.90. The number of nitrogens with zero attached hydrogens (tertiary/aromatic N) is 3. The molecule has 0 unspecified atom stereocenters. The second-order valence-electron chi connectivity index (χ2n) is 5.03. The van der Waals surface area contributed by atoms with E-state index in [9.17, 15) is 28.4 Å². The van der Waals surface area contributed by atoms with Gasteiger partial charge in [0, 0.05) is 37.8 Å². The fourth-order valence-electron chi connectivity index (χ4n) is 2.57. The topological polar surface area (TPSA) is 102 Å². The predicted molar refractivity (Wildman–Crippen MR) is 87.2 cm³/mol. The van der Waals surface area contributed by atoms with Gasteiger partial charge in [-0.2, -0.15) is 18.4 Å². The first-order valence-corrected chi connectivity index (χ1v) is 6.68. The lowest BCUT2D eigenvalue weighted by Crippen LogP contribution is -2.49. The average Bonchev–Trinajstić information content (AvgIpc) is 2.48. The van der Waals surface area contributed by atoms with Crippen molar-refractivity contribution in [2.75, 3.05) is 26.2 Å². The third kappa shape index (κ3) is 5.09. The Kier molecular flexibility index (Phi) is 8.40. The van der Waals surface area contributed by atoms with E-state index >= 15 is 0 Å². The van der Waals surface area contributed by atoms with E-state index in [0.717, 1.165) is 17.0 Å². The lowest BCUT2D eigenvalue weighted by Gasteiger charge is -2.36. The molecule has 1 atom stereocenters. The van der Waals surface area contributed by atoms with Crippen LogP contribution < -0.4 is 5.32 Å². The summed E-state index contributed by atoms with van der Waals surface area (Å²) < 4.78 is 40.5. The summed E-state index contributed by atoms with van der Waals surface area (Å²) in [6.45, 7) is 0.781. The Morgan fingerprint density at radius 1 is 1.32 bits per heavy atom. The van der Waals surface area contributed by atoms with Gasteiger partial charge in [-0.3, -0.25) is 15.0 Å². The molecule has 7 nitrogen and oxygen atoms in total. The monoisotopic (exact) mass is 402 g/mol. The number of halogens is 5. The van der Waals surface area contributed by atoms with Crippen LogP contribution in [-0.2, 0) is 0 Å². The summed E-state index contributed by atoms with van der Waals surface area (Å²) in [5.74, 6) is -1.06. The molecule has 0 aliphatic carbocycles. The summed E-state index contributed by atoms with van der Waals surface area (Å²) in [5, 5.41) is 32.7. The van der Waals surface area contributed by atoms with Crippen LogP contribution in [0.25, 0.3) is 0 Å². The third-order valence-electron chi connectivity index (χ3n) is 3.57. The van der Waals surface area contributed by atoms with Gasteiger partial charge in [-0.25, -0.2) is 0 Å². The number of alkyl halides is 3. The molecule has 2 N–H and O–H groups in total. The zero-order valence-electron chi connectivity index (χ0n) is 12.6. The second-order valence-corrected chi connectivity index (χ2v) is 5.03. The molecule has 2 rings (SSSR count). The zero-order chi connectivity index (χ0) is 17.2. The standard InChI is InChI=1S/C13H13F3N4O3.2ClH/c14-13(15,16)12(19-3-1-18-2-4-19)9-5-8(7-17)6-10(11(9)21)20(22)23;;/h5-6,12,18,21H,1-4H2;2*1H/t12-;;/m0../s1. The Labute approximate surface area is 153 Å². The predicted octanol–water partition coefficient (Wildman–Crippen LogP) is 2.52. The van der Waals surface area contributed by atoms with Crippen molar-refractivity contribution in [3.63, 3.8) is 0 Å². The van der Waals surface area contributed by atoms with E-state index in [1.165, 1.54) is 0 Å². The van der Waals surface area contributed by atoms with Gasteiger partial charge in [0.05, 0.1) is 16.6 Å². The van der Waals surface area contributed by atoms with Gasteiger partial charge in [0.1, 0.15) is 6.04 Å². The smallest absolute Gasteiger partial charge is 0.408 e. The quantitative estimate of drug-likeness (QED) is 0.594. The van der Waals surface area contributed by atoms with Crippen molar-refractivity contribution in [3.05, 3.63) is 33.4 Å². The van der Waals surface area contributed by atoms with Crippen molar-refractivity contribution in [1.29, 1.82) is 5.26 Å². The first-order valence-electron chi connectivity index (χ1n) is 6.68. The van der Waals surface area contributed by atoms with Gasteiger partial charge < -0.3 is 10.4 Å². The summed E-state index contributed by atoms with van der Waals surface area (Å²) in [4.78, 5) is 11.0. The first-order chi connectivity index (χ1) is 10.8. The summed E-state index contributed by atoms with van der Waals surface area (Å²) in [6.07, 6.45) is -4.75. The van der Waals surface area contributed by atoms with E-state index in [4.69, 9.17) is 5.26 Å². The Balaban J connectivity index is 0.00000288. The molecule has 12 heteroatoms. The summed E-state index contributed by atoms with van der Waals surface area (Å²) in [6, 6.07) is 0.978. The Hall–Kier alpha value is -1.80. The number of nitro benzene ring substituents is 1. The number of hydrogen-bond donors (Lipinski definition) is 2. The summed E-state index contributed by atoms with van der Waals surface area (Å²) in [7, 11) is 0. The van der Waals surface area contributed by atoms with Gasteiger partial charge in [-0.05, 0) is 6.07 Å². The van der Waals surface area contributed by atoms with Gasteiger partial charge in [0.2, 0.25) is 0 Å². The normalized spacial score (nSPS) is 16.1. The van der Waals surface area contributed by atoms with Crippen molar-refractivity contribution in [1.82, 2.24) is 10.2 Å². The molecule has 0 amide bonds. The first kappa shape index (κ1) is 23.2. The van der Waals surface area contributed by atoms with Crippen LogP contribution >= 0.6 is 24.8 Å². The molecule has 0 bridgehead atoms. The lowest BCUT2D eigenvalue weighted by atomic mass is 9.99. The fourth-order valence-corrected chi connectivity index (χ4v) is 2.57. The Morgan fingerprint density at radius 2 is 1.88 bits per heavy atom. The van der Waals surface area contributed by atoms with Gasteiger partial charge in [-0.1, -0.05) is 0 Å². The van der Waals surface area contributed by atoms with Crippen LogP contribution in [-0.4, -0.2) is 47.3 Å². The molecule has 1 aromatic rings. The number of nitro groups is 1. The Morgan fingerprint density at radius 3 is 2.32 bits per heavy atom. The molecule has 1 heterocycles. The van der Waals surface area contributed by atoms with E-state index in [1.807, 2.05) is 0 Å². The minimum Gasteiger partial charge on any atom is -0.502 e. The van der Waals surface area contributed by atoms with E-state index in [2.05, 4.69) is 5.32 Å². The number of aromatic hydroxyl groups is 1. The number of piperazine rings is 1. The molecular formula is C13H15Cl2F3N4O3. The molecule has 1 fully saturated rings. The zero-order valence-corrected chi connectivity index (χ0v) is 14.2. The van der Waals surface area contributed by atoms with E-state index < -0.39 is 34.1 Å². The van der Waals surface area contributed by atoms with Crippen LogP contribution in [0.5, 0.6) is 5.75 Å². The van der Waals surface area contributed by atoms with Crippen molar-refractivity contribution >= 4 is 30.5 Å². The van der Waals surface area contributed by atoms with Crippen molar-refractivity contribution in [2.24, 2.45) is 0 Å². The van der Waals surface area contributed by atoms with Gasteiger partial charge in [0.15, 0.2) is 5.75 Å². The number of benzene rings is 1. The minimum atomic E-state index is -4.75. The highest BCUT2D eigenvalue weighted by atomic mass is 35.5. The number of hydrogen-bond acceptors (Lipinski definition) is 6. The highest BCUT2D eigenvalue weighted by molar-refractivity contribution is 5.85. The molecule has 1 aliphatic heterocycles. The van der Waals surface area contributed by atoms with Crippen molar-refractivity contribution in [2.45, 2.75) is 12.2 Å². The summed E-state index contributed by atoms with van der Waals surface area (Å²) >= 11 is 0. The van der Waals surface area contributed by atoms with Crippen LogP contribution in [0, 0.1) is 21.4 Å². The molecule has 0 radical (unpaired) electrons. The minimum absolute atomic E-state index is 0. The maximum absolute atomic E-state index is 13.5. The van der Waals surface area contributed by atoms with Crippen LogP contribution in [0.1, 0.15) is 17.2 Å². The average molecular weight is 403 g/mol. The van der Waals surface area contributed by atoms with Gasteiger partial charge in [-0.15, -0.1) is 24.8 Å². The van der Waals surface area contributed by atoms with Crippen LogP contribution in [0.15, 0.2) is 12.1 Å². The SMILES string of the molecule is Cl.Cl.N#Cc1cc([C@H](N2CCNCC2)C(F)(F)F)c(O)c([N+](=O)[O-])c1. The number of rotatable bonds is 3.